The van der Waals surface area contributed by atoms with Gasteiger partial charge in [0.2, 0.25) is 0 Å². The number of carbonyl (C=O) groups is 1. The summed E-state index contributed by atoms with van der Waals surface area (Å²) in [5.41, 5.74) is 1.41. The summed E-state index contributed by atoms with van der Waals surface area (Å²) in [4.78, 5) is 13.2. The van der Waals surface area contributed by atoms with Crippen LogP contribution in [0.25, 0.3) is 5.82 Å². The number of nitrogens with zero attached hydrogens (tertiary/aromatic N) is 4. The molecule has 0 saturated carbocycles. The highest BCUT2D eigenvalue weighted by atomic mass is 35.5. The van der Waals surface area contributed by atoms with E-state index < -0.39 is 17.8 Å². The number of alkyl halides is 3. The van der Waals surface area contributed by atoms with Crippen LogP contribution in [0.4, 0.5) is 13.2 Å². The number of hydrogen-bond acceptors (Lipinski definition) is 3. The van der Waals surface area contributed by atoms with Gasteiger partial charge < -0.3 is 0 Å². The van der Waals surface area contributed by atoms with E-state index in [0.29, 0.717) is 0 Å². The van der Waals surface area contributed by atoms with Gasteiger partial charge in [0.15, 0.2) is 11.5 Å². The molecule has 0 aliphatic rings. The van der Waals surface area contributed by atoms with Crippen LogP contribution < -0.4 is 5.43 Å². The summed E-state index contributed by atoms with van der Waals surface area (Å²) in [5, 5.41) is 7.63. The van der Waals surface area contributed by atoms with E-state index in [1.165, 1.54) is 24.4 Å². The SMILES string of the molecule is O=C(Nn1ccc(-n2ccc(C(F)(F)F)n2)n1)c1c(Cl)cccc1Cl. The van der Waals surface area contributed by atoms with E-state index >= 15 is 0 Å². The Labute approximate surface area is 148 Å². The summed E-state index contributed by atoms with van der Waals surface area (Å²) in [5.74, 6) is -0.539. The molecule has 1 N–H and O–H groups in total. The van der Waals surface area contributed by atoms with Gasteiger partial charge in [-0.3, -0.25) is 4.79 Å². The molecule has 11 heteroatoms. The van der Waals surface area contributed by atoms with E-state index in [1.807, 2.05) is 0 Å². The molecule has 25 heavy (non-hydrogen) atoms. The first kappa shape index (κ1) is 17.3. The lowest BCUT2D eigenvalue weighted by Crippen LogP contribution is -2.24. The van der Waals surface area contributed by atoms with Gasteiger partial charge in [0, 0.05) is 12.3 Å². The molecule has 2 heterocycles. The predicted octanol–water partition coefficient (Wildman–Crippen LogP) is 3.78. The van der Waals surface area contributed by atoms with Crippen LogP contribution in [0.15, 0.2) is 42.7 Å². The number of amides is 1. The molecular weight excluding hydrogens is 382 g/mol. The fourth-order valence-corrected chi connectivity index (χ4v) is 2.55. The molecule has 0 aliphatic heterocycles. The molecule has 2 aromatic heterocycles. The Hall–Kier alpha value is -2.52. The van der Waals surface area contributed by atoms with Crippen LogP contribution in [-0.4, -0.2) is 25.6 Å². The summed E-state index contributed by atoms with van der Waals surface area (Å²) in [7, 11) is 0. The number of rotatable bonds is 3. The number of benzene rings is 1. The Morgan fingerprint density at radius 3 is 2.32 bits per heavy atom. The van der Waals surface area contributed by atoms with Crippen molar-refractivity contribution in [1.82, 2.24) is 19.7 Å². The van der Waals surface area contributed by atoms with Gasteiger partial charge in [-0.05, 0) is 18.2 Å². The minimum atomic E-state index is -4.55. The van der Waals surface area contributed by atoms with Crippen molar-refractivity contribution in [2.45, 2.75) is 6.18 Å². The average Bonchev–Trinajstić information content (AvgIpc) is 3.14. The molecule has 1 amide bonds. The lowest BCUT2D eigenvalue weighted by Gasteiger charge is -2.08. The minimum Gasteiger partial charge on any atom is -0.267 e. The second-order valence-electron chi connectivity index (χ2n) is 4.80. The third-order valence-electron chi connectivity index (χ3n) is 3.10. The van der Waals surface area contributed by atoms with Gasteiger partial charge in [-0.2, -0.15) is 23.1 Å². The number of nitrogens with one attached hydrogen (secondary N) is 1. The van der Waals surface area contributed by atoms with Crippen LogP contribution in [-0.2, 0) is 6.18 Å². The molecule has 0 unspecified atom stereocenters. The molecule has 0 atom stereocenters. The molecule has 0 saturated heterocycles. The van der Waals surface area contributed by atoms with E-state index in [-0.39, 0.29) is 21.4 Å². The average molecular weight is 390 g/mol. The maximum atomic E-state index is 12.6. The van der Waals surface area contributed by atoms with Crippen molar-refractivity contribution in [3.05, 3.63) is 64.0 Å². The van der Waals surface area contributed by atoms with Gasteiger partial charge in [0.05, 0.1) is 21.8 Å². The molecule has 3 rings (SSSR count). The number of carbonyl (C=O) groups excluding carboxylic acids is 1. The second-order valence-corrected chi connectivity index (χ2v) is 5.61. The van der Waals surface area contributed by atoms with Gasteiger partial charge in [-0.15, -0.1) is 5.10 Å². The fraction of sp³-hybridized carbons (Fsp3) is 0.0714. The monoisotopic (exact) mass is 389 g/mol. The van der Waals surface area contributed by atoms with Crippen LogP contribution in [0.2, 0.25) is 10.0 Å². The third-order valence-corrected chi connectivity index (χ3v) is 3.73. The first-order valence-electron chi connectivity index (χ1n) is 6.70. The standard InChI is InChI=1S/C14H8Cl2F3N5O/c15-8-2-1-3-9(16)12(8)13(25)22-24-7-5-11(21-24)23-6-4-10(20-23)14(17,18)19/h1-7H,(H,22,25). The first-order valence-corrected chi connectivity index (χ1v) is 7.45. The van der Waals surface area contributed by atoms with E-state index in [4.69, 9.17) is 23.2 Å². The van der Waals surface area contributed by atoms with Gasteiger partial charge in [0.1, 0.15) is 0 Å². The van der Waals surface area contributed by atoms with Gasteiger partial charge in [-0.25, -0.2) is 10.1 Å². The molecule has 6 nitrogen and oxygen atoms in total. The van der Waals surface area contributed by atoms with Crippen molar-refractivity contribution >= 4 is 29.1 Å². The van der Waals surface area contributed by atoms with Gasteiger partial charge in [0.25, 0.3) is 5.91 Å². The molecule has 0 spiro atoms. The third kappa shape index (κ3) is 3.62. The normalized spacial score (nSPS) is 11.6. The zero-order valence-corrected chi connectivity index (χ0v) is 13.6. The summed E-state index contributed by atoms with van der Waals surface area (Å²) >= 11 is 11.9. The van der Waals surface area contributed by atoms with Crippen molar-refractivity contribution in [2.24, 2.45) is 0 Å². The topological polar surface area (TPSA) is 64.7 Å². The maximum absolute atomic E-state index is 12.6. The summed E-state index contributed by atoms with van der Waals surface area (Å²) < 4.78 is 38.7. The largest absolute Gasteiger partial charge is 0.435 e. The highest BCUT2D eigenvalue weighted by Gasteiger charge is 2.33. The highest BCUT2D eigenvalue weighted by Crippen LogP contribution is 2.27. The number of aromatic nitrogens is 4. The molecule has 0 fully saturated rings. The number of hydrogen-bond donors (Lipinski definition) is 1. The van der Waals surface area contributed by atoms with Crippen molar-refractivity contribution in [3.63, 3.8) is 0 Å². The van der Waals surface area contributed by atoms with E-state index in [9.17, 15) is 18.0 Å². The van der Waals surface area contributed by atoms with Crippen LogP contribution in [0.3, 0.4) is 0 Å². The van der Waals surface area contributed by atoms with Crippen molar-refractivity contribution < 1.29 is 18.0 Å². The van der Waals surface area contributed by atoms with Crippen molar-refractivity contribution in [3.8, 4) is 5.82 Å². The first-order chi connectivity index (χ1) is 11.8. The summed E-state index contributed by atoms with van der Waals surface area (Å²) in [6.07, 6.45) is -2.10. The van der Waals surface area contributed by atoms with Crippen LogP contribution in [0.1, 0.15) is 16.1 Å². The minimum absolute atomic E-state index is 0.0568. The number of halogens is 5. The van der Waals surface area contributed by atoms with Crippen LogP contribution >= 0.6 is 23.2 Å². The lowest BCUT2D eigenvalue weighted by atomic mass is 10.2. The predicted molar refractivity (Wildman–Crippen MR) is 84.5 cm³/mol. The smallest absolute Gasteiger partial charge is 0.267 e. The lowest BCUT2D eigenvalue weighted by molar-refractivity contribution is -0.141. The van der Waals surface area contributed by atoms with E-state index in [2.05, 4.69) is 15.6 Å². The Morgan fingerprint density at radius 2 is 1.72 bits per heavy atom. The molecular formula is C14H8Cl2F3N5O. The molecule has 0 radical (unpaired) electrons. The highest BCUT2D eigenvalue weighted by molar-refractivity contribution is 6.40. The van der Waals surface area contributed by atoms with Crippen LogP contribution in [0.5, 0.6) is 0 Å². The fourth-order valence-electron chi connectivity index (χ4n) is 1.98. The maximum Gasteiger partial charge on any atom is 0.435 e. The second kappa shape index (κ2) is 6.41. The van der Waals surface area contributed by atoms with E-state index in [0.717, 1.165) is 21.7 Å². The van der Waals surface area contributed by atoms with Crippen LogP contribution in [0, 0.1) is 0 Å². The molecule has 0 aliphatic carbocycles. The molecule has 3 aromatic rings. The summed E-state index contributed by atoms with van der Waals surface area (Å²) in [6.45, 7) is 0. The Kier molecular flexibility index (Phi) is 4.44. The zero-order valence-electron chi connectivity index (χ0n) is 12.1. The molecule has 1 aromatic carbocycles. The zero-order chi connectivity index (χ0) is 18.2. The Morgan fingerprint density at radius 1 is 1.04 bits per heavy atom. The van der Waals surface area contributed by atoms with E-state index in [1.54, 1.807) is 6.07 Å². The van der Waals surface area contributed by atoms with Crippen molar-refractivity contribution in [2.75, 3.05) is 5.43 Å². The molecule has 0 bridgehead atoms. The van der Waals surface area contributed by atoms with Gasteiger partial charge >= 0.3 is 6.18 Å². The quantitative estimate of drug-likeness (QED) is 0.741. The Bertz CT molecular complexity index is 914. The van der Waals surface area contributed by atoms with Gasteiger partial charge in [-0.1, -0.05) is 29.3 Å². The Balaban J connectivity index is 1.80. The van der Waals surface area contributed by atoms with Crippen molar-refractivity contribution in [1.29, 1.82) is 0 Å². The summed E-state index contributed by atoms with van der Waals surface area (Å²) in [6, 6.07) is 6.78. The molecule has 130 valence electrons.